The van der Waals surface area contributed by atoms with Crippen LogP contribution in [-0.2, 0) is 0 Å². The van der Waals surface area contributed by atoms with Crippen LogP contribution in [0.15, 0.2) is 17.0 Å². The smallest absolute Gasteiger partial charge is 0.138 e. The summed E-state index contributed by atoms with van der Waals surface area (Å²) in [6.45, 7) is 1.76. The fourth-order valence-electron chi connectivity index (χ4n) is 0.695. The third kappa shape index (κ3) is 1.44. The fraction of sp³-hybridized carbons (Fsp3) is 0.143. The van der Waals surface area contributed by atoms with Gasteiger partial charge in [0, 0.05) is 9.92 Å². The maximum Gasteiger partial charge on any atom is 0.138 e. The van der Waals surface area contributed by atoms with Gasteiger partial charge in [0.1, 0.15) is 5.82 Å². The molecule has 0 radical (unpaired) electrons. The van der Waals surface area contributed by atoms with Crippen LogP contribution in [0.1, 0.15) is 5.56 Å². The molecule has 0 aliphatic carbocycles. The van der Waals surface area contributed by atoms with E-state index in [1.807, 2.05) is 0 Å². The molecule has 0 fully saturated rings. The van der Waals surface area contributed by atoms with Gasteiger partial charge in [0.05, 0.1) is 0 Å². The fourth-order valence-corrected chi connectivity index (χ4v) is 1.08. The predicted molar refractivity (Wildman–Crippen MR) is 43.4 cm³/mol. The summed E-state index contributed by atoms with van der Waals surface area (Å²) < 4.78 is 12.7. The third-order valence-electron chi connectivity index (χ3n) is 1.22. The first-order valence-electron chi connectivity index (χ1n) is 2.76. The molecule has 0 heterocycles. The van der Waals surface area contributed by atoms with Crippen LogP contribution in [0, 0.1) is 12.7 Å². The zero-order valence-corrected chi connectivity index (χ0v) is 7.01. The molecule has 0 aromatic heterocycles. The molecule has 0 aliphatic rings. The summed E-state index contributed by atoms with van der Waals surface area (Å²) in [5.41, 5.74) is 0.758. The molecule has 3 heteroatoms. The largest absolute Gasteiger partial charge is 0.206 e. The lowest BCUT2D eigenvalue weighted by molar-refractivity contribution is 0.600. The van der Waals surface area contributed by atoms with Crippen molar-refractivity contribution in [2.75, 3.05) is 0 Å². The van der Waals surface area contributed by atoms with E-state index in [-0.39, 0.29) is 5.82 Å². The minimum Gasteiger partial charge on any atom is -0.206 e. The molecule has 0 atom stereocenters. The average Bonchev–Trinajstić information content (AvgIpc) is 1.82. The summed E-state index contributed by atoms with van der Waals surface area (Å²) >= 11 is 9.47. The summed E-state index contributed by atoms with van der Waals surface area (Å²) in [5, 5.41) is 0.410. The molecule has 0 nitrogen and oxygen atoms in total. The Morgan fingerprint density at radius 3 is 2.60 bits per heavy atom. The van der Waals surface area contributed by atoms with E-state index in [9.17, 15) is 4.39 Å². The van der Waals surface area contributed by atoms with Gasteiger partial charge in [0.2, 0.25) is 0 Å². The number of thiol groups is 1. The van der Waals surface area contributed by atoms with Crippen molar-refractivity contribution in [3.8, 4) is 0 Å². The van der Waals surface area contributed by atoms with Gasteiger partial charge in [0.25, 0.3) is 0 Å². The Morgan fingerprint density at radius 2 is 2.10 bits per heavy atom. The Bertz CT molecular complexity index is 237. The van der Waals surface area contributed by atoms with Gasteiger partial charge in [0.15, 0.2) is 0 Å². The SMILES string of the molecule is Cc1cc(Cl)cc(F)c1S. The highest BCUT2D eigenvalue weighted by Crippen LogP contribution is 2.21. The zero-order chi connectivity index (χ0) is 7.72. The van der Waals surface area contributed by atoms with Gasteiger partial charge >= 0.3 is 0 Å². The Balaban J connectivity index is 3.31. The normalized spacial score (nSPS) is 10.0. The van der Waals surface area contributed by atoms with Crippen molar-refractivity contribution in [3.05, 3.63) is 28.5 Å². The number of hydrogen-bond acceptors (Lipinski definition) is 1. The van der Waals surface area contributed by atoms with Crippen LogP contribution in [0.25, 0.3) is 0 Å². The van der Waals surface area contributed by atoms with E-state index >= 15 is 0 Å². The highest BCUT2D eigenvalue weighted by Gasteiger charge is 2.01. The number of rotatable bonds is 0. The quantitative estimate of drug-likeness (QED) is 0.577. The third-order valence-corrected chi connectivity index (χ3v) is 2.00. The number of halogens is 2. The maximum absolute atomic E-state index is 12.7. The molecule has 0 saturated carbocycles. The highest BCUT2D eigenvalue weighted by molar-refractivity contribution is 7.80. The van der Waals surface area contributed by atoms with Crippen LogP contribution in [0.2, 0.25) is 5.02 Å². The van der Waals surface area contributed by atoms with Gasteiger partial charge in [-0.1, -0.05) is 11.6 Å². The van der Waals surface area contributed by atoms with E-state index in [2.05, 4.69) is 12.6 Å². The van der Waals surface area contributed by atoms with Gasteiger partial charge in [-0.25, -0.2) is 4.39 Å². The molecule has 10 heavy (non-hydrogen) atoms. The van der Waals surface area contributed by atoms with Crippen molar-refractivity contribution in [2.45, 2.75) is 11.8 Å². The van der Waals surface area contributed by atoms with E-state index in [1.165, 1.54) is 6.07 Å². The van der Waals surface area contributed by atoms with Crippen LogP contribution in [0.4, 0.5) is 4.39 Å². The predicted octanol–water partition coefficient (Wildman–Crippen LogP) is 3.08. The molecule has 1 aromatic rings. The topological polar surface area (TPSA) is 0 Å². The van der Waals surface area contributed by atoms with E-state index in [4.69, 9.17) is 11.6 Å². The summed E-state index contributed by atoms with van der Waals surface area (Å²) in [4.78, 5) is 0.365. The molecule has 54 valence electrons. The first-order valence-corrected chi connectivity index (χ1v) is 3.58. The molecule has 0 amide bonds. The Morgan fingerprint density at radius 1 is 1.50 bits per heavy atom. The molecule has 0 spiro atoms. The molecule has 0 aliphatic heterocycles. The van der Waals surface area contributed by atoms with Crippen LogP contribution in [0.5, 0.6) is 0 Å². The molecule has 1 rings (SSSR count). The molecule has 0 saturated heterocycles. The van der Waals surface area contributed by atoms with Gasteiger partial charge in [-0.3, -0.25) is 0 Å². The summed E-state index contributed by atoms with van der Waals surface area (Å²) in [6, 6.07) is 2.92. The lowest BCUT2D eigenvalue weighted by Gasteiger charge is -1.99. The monoisotopic (exact) mass is 176 g/mol. The number of aryl methyl sites for hydroxylation is 1. The minimum absolute atomic E-state index is 0.365. The van der Waals surface area contributed by atoms with E-state index < -0.39 is 0 Å². The molecule has 1 aromatic carbocycles. The van der Waals surface area contributed by atoms with E-state index in [0.717, 1.165) is 5.56 Å². The standard InChI is InChI=1S/C7H6ClFS/c1-4-2-5(8)3-6(9)7(4)10/h2-3,10H,1H3. The lowest BCUT2D eigenvalue weighted by atomic mass is 10.2. The molecule has 0 unspecified atom stereocenters. The first kappa shape index (κ1) is 7.89. The molecule has 0 N–H and O–H groups in total. The van der Waals surface area contributed by atoms with Crippen molar-refractivity contribution in [2.24, 2.45) is 0 Å². The summed E-state index contributed by atoms with van der Waals surface area (Å²) in [6.07, 6.45) is 0. The Labute approximate surface area is 69.4 Å². The van der Waals surface area contributed by atoms with Gasteiger partial charge in [-0.2, -0.15) is 0 Å². The number of hydrogen-bond donors (Lipinski definition) is 1. The average molecular weight is 177 g/mol. The van der Waals surface area contributed by atoms with Crippen LogP contribution in [-0.4, -0.2) is 0 Å². The van der Waals surface area contributed by atoms with Crippen molar-refractivity contribution in [3.63, 3.8) is 0 Å². The Kier molecular flexibility index (Phi) is 2.21. The summed E-state index contributed by atoms with van der Waals surface area (Å²) in [7, 11) is 0. The van der Waals surface area contributed by atoms with Crippen LogP contribution < -0.4 is 0 Å². The maximum atomic E-state index is 12.7. The zero-order valence-electron chi connectivity index (χ0n) is 5.36. The summed E-state index contributed by atoms with van der Waals surface area (Å²) in [5.74, 6) is -0.367. The van der Waals surface area contributed by atoms with Crippen molar-refractivity contribution in [1.29, 1.82) is 0 Å². The lowest BCUT2D eigenvalue weighted by Crippen LogP contribution is -1.82. The van der Waals surface area contributed by atoms with Gasteiger partial charge in [-0.05, 0) is 24.6 Å². The van der Waals surface area contributed by atoms with Gasteiger partial charge in [-0.15, -0.1) is 12.6 Å². The second-order valence-electron chi connectivity index (χ2n) is 2.05. The van der Waals surface area contributed by atoms with E-state index in [1.54, 1.807) is 13.0 Å². The van der Waals surface area contributed by atoms with Crippen molar-refractivity contribution in [1.82, 2.24) is 0 Å². The Hall–Kier alpha value is -0.210. The van der Waals surface area contributed by atoms with Gasteiger partial charge < -0.3 is 0 Å². The van der Waals surface area contributed by atoms with Crippen molar-refractivity contribution < 1.29 is 4.39 Å². The van der Waals surface area contributed by atoms with E-state index in [0.29, 0.717) is 9.92 Å². The molecule has 0 bridgehead atoms. The molecular weight excluding hydrogens is 171 g/mol. The molecular formula is C7H6ClFS. The van der Waals surface area contributed by atoms with Crippen molar-refractivity contribution >= 4 is 24.2 Å². The highest BCUT2D eigenvalue weighted by atomic mass is 35.5. The first-order chi connectivity index (χ1) is 4.61. The van der Waals surface area contributed by atoms with Crippen LogP contribution in [0.3, 0.4) is 0 Å². The van der Waals surface area contributed by atoms with Crippen LogP contribution >= 0.6 is 24.2 Å². The number of benzene rings is 1. The second-order valence-corrected chi connectivity index (χ2v) is 2.94. The second kappa shape index (κ2) is 2.81. The minimum atomic E-state index is -0.367.